The zero-order valence-electron chi connectivity index (χ0n) is 8.66. The van der Waals surface area contributed by atoms with Crippen LogP contribution in [0.25, 0.3) is 11.3 Å². The largest absolute Gasteiger partial charge is 0.302 e. The van der Waals surface area contributed by atoms with E-state index in [4.69, 9.17) is 0 Å². The van der Waals surface area contributed by atoms with Crippen LogP contribution in [-0.4, -0.2) is 21.6 Å². The van der Waals surface area contributed by atoms with Gasteiger partial charge in [0.15, 0.2) is 4.34 Å². The summed E-state index contributed by atoms with van der Waals surface area (Å²) in [6, 6.07) is 3.81. The molecule has 0 aliphatic heterocycles. The van der Waals surface area contributed by atoms with Gasteiger partial charge in [-0.3, -0.25) is 9.78 Å². The van der Waals surface area contributed by atoms with Crippen LogP contribution in [0.4, 0.5) is 0 Å². The van der Waals surface area contributed by atoms with E-state index in [-0.39, 0.29) is 5.91 Å². The van der Waals surface area contributed by atoms with E-state index in [0.717, 1.165) is 15.6 Å². The summed E-state index contributed by atoms with van der Waals surface area (Å²) in [5, 5.41) is 1.97. The van der Waals surface area contributed by atoms with E-state index < -0.39 is 0 Å². The van der Waals surface area contributed by atoms with Crippen molar-refractivity contribution in [2.45, 2.75) is 4.34 Å². The van der Waals surface area contributed by atoms with Gasteiger partial charge in [-0.2, -0.15) is 0 Å². The molecule has 0 spiro atoms. The van der Waals surface area contributed by atoms with Gasteiger partial charge in [0.1, 0.15) is 0 Å². The van der Waals surface area contributed by atoms with Gasteiger partial charge in [-0.25, -0.2) is 4.98 Å². The molecule has 0 bridgehead atoms. The lowest BCUT2D eigenvalue weighted by Gasteiger charge is -1.96. The fourth-order valence-electron chi connectivity index (χ4n) is 1.14. The second kappa shape index (κ2) is 6.04. The molecule has 2 aromatic rings. The van der Waals surface area contributed by atoms with Crippen LogP contribution in [0.5, 0.6) is 0 Å². The summed E-state index contributed by atoms with van der Waals surface area (Å²) in [5.41, 5.74) is 1.94. The number of thiol groups is 1. The van der Waals surface area contributed by atoms with Crippen molar-refractivity contribution < 1.29 is 4.79 Å². The van der Waals surface area contributed by atoms with Crippen LogP contribution < -0.4 is 4.72 Å². The Bertz CT molecular complexity index is 501. The molecule has 0 aliphatic rings. The number of thioether (sulfide) groups is 1. The SMILES string of the molecule is O=C(CSc1nc(-c2ccncc2)cs1)NS. The smallest absolute Gasteiger partial charge is 0.240 e. The molecular weight excluding hydrogens is 274 g/mol. The number of pyridine rings is 1. The predicted molar refractivity (Wildman–Crippen MR) is 73.2 cm³/mol. The van der Waals surface area contributed by atoms with Crippen molar-refractivity contribution in [3.05, 3.63) is 29.9 Å². The van der Waals surface area contributed by atoms with E-state index in [0.29, 0.717) is 5.75 Å². The molecule has 2 rings (SSSR count). The minimum atomic E-state index is -0.126. The minimum Gasteiger partial charge on any atom is -0.302 e. The molecule has 7 heteroatoms. The first kappa shape index (κ1) is 12.4. The molecule has 0 saturated heterocycles. The number of carbonyl (C=O) groups excluding carboxylic acids is 1. The molecule has 0 fully saturated rings. The van der Waals surface area contributed by atoms with E-state index in [1.165, 1.54) is 23.1 Å². The van der Waals surface area contributed by atoms with Crippen LogP contribution in [0.15, 0.2) is 34.2 Å². The quantitative estimate of drug-likeness (QED) is 0.667. The second-order valence-corrected chi connectivity index (χ2v) is 5.36. The number of hydrogen-bond donors (Lipinski definition) is 2. The zero-order chi connectivity index (χ0) is 12.1. The number of amides is 1. The second-order valence-electron chi connectivity index (χ2n) is 3.06. The summed E-state index contributed by atoms with van der Waals surface area (Å²) < 4.78 is 3.15. The number of carbonyl (C=O) groups is 1. The van der Waals surface area contributed by atoms with Gasteiger partial charge in [0.2, 0.25) is 5.91 Å². The molecule has 1 amide bonds. The molecule has 0 saturated carbocycles. The third-order valence-corrected chi connectivity index (χ3v) is 4.18. The van der Waals surface area contributed by atoms with E-state index >= 15 is 0 Å². The van der Waals surface area contributed by atoms with Gasteiger partial charge in [0.25, 0.3) is 0 Å². The van der Waals surface area contributed by atoms with Crippen molar-refractivity contribution in [3.63, 3.8) is 0 Å². The molecule has 88 valence electrons. The van der Waals surface area contributed by atoms with Crippen molar-refractivity contribution in [2.75, 3.05) is 5.75 Å². The highest BCUT2D eigenvalue weighted by atomic mass is 32.2. The first-order chi connectivity index (χ1) is 8.29. The highest BCUT2D eigenvalue weighted by Gasteiger charge is 2.06. The van der Waals surface area contributed by atoms with Crippen molar-refractivity contribution >= 4 is 41.8 Å². The van der Waals surface area contributed by atoms with E-state index in [1.807, 2.05) is 17.5 Å². The summed E-state index contributed by atoms with van der Waals surface area (Å²) >= 11 is 6.61. The Morgan fingerprint density at radius 1 is 1.47 bits per heavy atom. The van der Waals surface area contributed by atoms with Gasteiger partial charge >= 0.3 is 0 Å². The lowest BCUT2D eigenvalue weighted by molar-refractivity contribution is -0.116. The van der Waals surface area contributed by atoms with Crippen LogP contribution in [0.1, 0.15) is 0 Å². The lowest BCUT2D eigenvalue weighted by atomic mass is 10.2. The third-order valence-electron chi connectivity index (χ3n) is 1.91. The maximum Gasteiger partial charge on any atom is 0.240 e. The Morgan fingerprint density at radius 3 is 2.94 bits per heavy atom. The summed E-state index contributed by atoms with van der Waals surface area (Å²) in [6.07, 6.45) is 3.46. The lowest BCUT2D eigenvalue weighted by Crippen LogP contribution is -2.14. The molecule has 2 heterocycles. The molecule has 1 N–H and O–H groups in total. The van der Waals surface area contributed by atoms with Crippen LogP contribution >= 0.6 is 35.9 Å². The van der Waals surface area contributed by atoms with Crippen molar-refractivity contribution in [3.8, 4) is 11.3 Å². The van der Waals surface area contributed by atoms with Crippen LogP contribution in [0, 0.1) is 0 Å². The monoisotopic (exact) mass is 283 g/mol. The van der Waals surface area contributed by atoms with E-state index in [1.54, 1.807) is 12.4 Å². The summed E-state index contributed by atoms with van der Waals surface area (Å²) in [5.74, 6) is 0.200. The Kier molecular flexibility index (Phi) is 4.41. The van der Waals surface area contributed by atoms with Crippen LogP contribution in [0.2, 0.25) is 0 Å². The molecule has 4 nitrogen and oxygen atoms in total. The summed E-state index contributed by atoms with van der Waals surface area (Å²) in [6.45, 7) is 0. The molecule has 0 aromatic carbocycles. The van der Waals surface area contributed by atoms with Gasteiger partial charge < -0.3 is 4.72 Å². The zero-order valence-corrected chi connectivity index (χ0v) is 11.2. The van der Waals surface area contributed by atoms with Gasteiger partial charge in [0.05, 0.1) is 11.4 Å². The Hall–Kier alpha value is -1.05. The van der Waals surface area contributed by atoms with Crippen molar-refractivity contribution in [1.29, 1.82) is 0 Å². The molecule has 17 heavy (non-hydrogen) atoms. The van der Waals surface area contributed by atoms with Crippen LogP contribution in [-0.2, 0) is 4.79 Å². The number of nitrogens with one attached hydrogen (secondary N) is 1. The van der Waals surface area contributed by atoms with Gasteiger partial charge in [0, 0.05) is 23.3 Å². The molecule has 0 radical (unpaired) electrons. The van der Waals surface area contributed by atoms with Crippen LogP contribution in [0.3, 0.4) is 0 Å². The summed E-state index contributed by atoms with van der Waals surface area (Å²) in [7, 11) is 0. The van der Waals surface area contributed by atoms with Gasteiger partial charge in [-0.05, 0) is 12.1 Å². The number of thiazole rings is 1. The molecule has 2 aromatic heterocycles. The predicted octanol–water partition coefficient (Wildman–Crippen LogP) is 2.26. The van der Waals surface area contributed by atoms with Gasteiger partial charge in [-0.15, -0.1) is 11.3 Å². The number of rotatable bonds is 4. The van der Waals surface area contributed by atoms with E-state index in [9.17, 15) is 4.79 Å². The molecular formula is C10H9N3OS3. The van der Waals surface area contributed by atoms with Gasteiger partial charge in [-0.1, -0.05) is 24.6 Å². The Balaban J connectivity index is 2.04. The average molecular weight is 283 g/mol. The van der Waals surface area contributed by atoms with Crippen molar-refractivity contribution in [1.82, 2.24) is 14.7 Å². The number of nitrogens with zero attached hydrogens (tertiary/aromatic N) is 2. The number of aromatic nitrogens is 2. The minimum absolute atomic E-state index is 0.126. The topological polar surface area (TPSA) is 54.9 Å². The van der Waals surface area contributed by atoms with Crippen molar-refractivity contribution in [2.24, 2.45) is 0 Å². The summed E-state index contributed by atoms with van der Waals surface area (Å²) in [4.78, 5) is 19.4. The normalized spacial score (nSPS) is 10.2. The first-order valence-corrected chi connectivity index (χ1v) is 7.02. The highest BCUT2D eigenvalue weighted by molar-refractivity contribution is 8.01. The molecule has 0 aliphatic carbocycles. The maximum absolute atomic E-state index is 11.0. The average Bonchev–Trinajstić information content (AvgIpc) is 2.86. The highest BCUT2D eigenvalue weighted by Crippen LogP contribution is 2.27. The first-order valence-electron chi connectivity index (χ1n) is 4.71. The van der Waals surface area contributed by atoms with E-state index in [2.05, 4.69) is 27.5 Å². The Morgan fingerprint density at radius 2 is 2.24 bits per heavy atom. The maximum atomic E-state index is 11.0. The molecule has 0 unspecified atom stereocenters. The standard InChI is InChI=1S/C10H9N3OS3/c14-9(13-15)6-17-10-12-8(5-16-10)7-1-3-11-4-2-7/h1-5,15H,6H2,(H,13,14). The fourth-order valence-corrected chi connectivity index (χ4v) is 2.96. The third kappa shape index (κ3) is 3.45. The number of hydrogen-bond acceptors (Lipinski definition) is 6. The molecule has 0 atom stereocenters. The Labute approximate surface area is 112 Å². The fraction of sp³-hybridized carbons (Fsp3) is 0.100.